The lowest BCUT2D eigenvalue weighted by molar-refractivity contribution is -0.152. The third-order valence-electron chi connectivity index (χ3n) is 5.55. The lowest BCUT2D eigenvalue weighted by Crippen LogP contribution is -2.40. The van der Waals surface area contributed by atoms with Crippen LogP contribution in [-0.4, -0.2) is 44.1 Å². The minimum absolute atomic E-state index is 0.298. The van der Waals surface area contributed by atoms with Crippen LogP contribution in [0.2, 0.25) is 0 Å². The van der Waals surface area contributed by atoms with Crippen LogP contribution in [-0.2, 0) is 31.7 Å². The summed E-state index contributed by atoms with van der Waals surface area (Å²) in [7, 11) is 3.04. The maximum Gasteiger partial charge on any atom is 0.347 e. The smallest absolute Gasteiger partial charge is 0.347 e. The van der Waals surface area contributed by atoms with Crippen molar-refractivity contribution in [1.82, 2.24) is 19.7 Å². The van der Waals surface area contributed by atoms with Crippen molar-refractivity contribution in [2.24, 2.45) is 14.1 Å². The normalized spacial score (nSPS) is 11.5. The zero-order chi connectivity index (χ0) is 24.4. The third-order valence-corrected chi connectivity index (χ3v) is 5.55. The number of hydrogen-bond acceptors (Lipinski definition) is 6. The largest absolute Gasteiger partial charge is 0.478 e. The van der Waals surface area contributed by atoms with Gasteiger partial charge in [0.2, 0.25) is 0 Å². The van der Waals surface area contributed by atoms with Crippen molar-refractivity contribution in [3.05, 3.63) is 56.4 Å². The summed E-state index contributed by atoms with van der Waals surface area (Å²) in [6.45, 7) is 4.89. The summed E-state index contributed by atoms with van der Waals surface area (Å²) < 4.78 is 7.83. The van der Waals surface area contributed by atoms with E-state index in [0.717, 1.165) is 56.2 Å². The number of unbranched alkanes of at least 4 members (excludes halogenated alkanes) is 4. The van der Waals surface area contributed by atoms with Gasteiger partial charge in [0.25, 0.3) is 5.56 Å². The number of aliphatic carboxylic acids is 1. The molecule has 0 spiro atoms. The lowest BCUT2D eigenvalue weighted by Gasteiger charge is -2.21. The number of rotatable bonds is 14. The molecule has 9 nitrogen and oxygen atoms in total. The van der Waals surface area contributed by atoms with E-state index in [1.807, 2.05) is 12.1 Å². The third kappa shape index (κ3) is 8.16. The number of aromatic nitrogens is 3. The number of ether oxygens (including phenoxy) is 1. The minimum atomic E-state index is -1.25. The van der Waals surface area contributed by atoms with Crippen LogP contribution in [0.1, 0.15) is 57.2 Å². The standard InChI is InChI=1S/C24H36N4O5/c1-24(2,22(30)31)33-19-13-11-18(12-14-19)15-17-25-16-9-7-5-6-8-10-20-21(29)27(3)23(32)28(4)26-20/h11-14,25H,5-10,15-17H2,1-4H3,(H,30,31). The Hall–Kier alpha value is -2.94. The van der Waals surface area contributed by atoms with Gasteiger partial charge in [-0.25, -0.2) is 14.3 Å². The van der Waals surface area contributed by atoms with E-state index in [9.17, 15) is 14.4 Å². The molecule has 33 heavy (non-hydrogen) atoms. The topological polar surface area (TPSA) is 115 Å². The molecule has 0 saturated heterocycles. The quantitative estimate of drug-likeness (QED) is 0.415. The van der Waals surface area contributed by atoms with Crippen LogP contribution in [0.4, 0.5) is 0 Å². The first kappa shape index (κ1) is 26.3. The highest BCUT2D eigenvalue weighted by atomic mass is 16.5. The molecule has 0 bridgehead atoms. The molecule has 2 N–H and O–H groups in total. The van der Waals surface area contributed by atoms with Gasteiger partial charge < -0.3 is 15.2 Å². The van der Waals surface area contributed by atoms with Crippen LogP contribution in [0.3, 0.4) is 0 Å². The highest BCUT2D eigenvalue weighted by Crippen LogP contribution is 2.19. The molecule has 2 rings (SSSR count). The summed E-state index contributed by atoms with van der Waals surface area (Å²) in [5.74, 6) is -0.450. The highest BCUT2D eigenvalue weighted by Gasteiger charge is 2.29. The van der Waals surface area contributed by atoms with Gasteiger partial charge >= 0.3 is 11.7 Å². The molecule has 0 atom stereocenters. The molecule has 0 radical (unpaired) electrons. The molecule has 0 aliphatic carbocycles. The van der Waals surface area contributed by atoms with Gasteiger partial charge in [0.1, 0.15) is 11.4 Å². The predicted octanol–water partition coefficient (Wildman–Crippen LogP) is 2.05. The molecule has 0 saturated carbocycles. The molecule has 0 fully saturated rings. The van der Waals surface area contributed by atoms with E-state index in [1.165, 1.54) is 31.1 Å². The van der Waals surface area contributed by atoms with Crippen molar-refractivity contribution in [3.8, 4) is 5.75 Å². The fourth-order valence-electron chi connectivity index (χ4n) is 3.41. The number of carboxylic acid groups (broad SMARTS) is 1. The van der Waals surface area contributed by atoms with Gasteiger partial charge in [-0.2, -0.15) is 5.10 Å². The first-order chi connectivity index (χ1) is 15.6. The summed E-state index contributed by atoms with van der Waals surface area (Å²) in [6.07, 6.45) is 6.72. The van der Waals surface area contributed by atoms with Crippen LogP contribution in [0.25, 0.3) is 0 Å². The average Bonchev–Trinajstić information content (AvgIpc) is 2.77. The molecule has 1 aromatic carbocycles. The fraction of sp³-hybridized carbons (Fsp3) is 0.583. The second-order valence-electron chi connectivity index (χ2n) is 8.80. The van der Waals surface area contributed by atoms with Crippen LogP contribution < -0.4 is 21.3 Å². The minimum Gasteiger partial charge on any atom is -0.478 e. The van der Waals surface area contributed by atoms with E-state index in [-0.39, 0.29) is 5.56 Å². The SMILES string of the molecule is Cn1nc(CCCCCCCNCCc2ccc(OC(C)(C)C(=O)O)cc2)c(=O)n(C)c1=O. The zero-order valence-electron chi connectivity index (χ0n) is 20.1. The van der Waals surface area contributed by atoms with Crippen LogP contribution in [0.15, 0.2) is 33.9 Å². The van der Waals surface area contributed by atoms with Gasteiger partial charge in [-0.1, -0.05) is 31.4 Å². The van der Waals surface area contributed by atoms with Crippen molar-refractivity contribution in [1.29, 1.82) is 0 Å². The summed E-state index contributed by atoms with van der Waals surface area (Å²) in [4.78, 5) is 34.9. The molecule has 0 amide bonds. The second-order valence-corrected chi connectivity index (χ2v) is 8.80. The first-order valence-electron chi connectivity index (χ1n) is 11.5. The highest BCUT2D eigenvalue weighted by molar-refractivity contribution is 5.76. The Morgan fingerprint density at radius 2 is 1.64 bits per heavy atom. The maximum absolute atomic E-state index is 12.1. The van der Waals surface area contributed by atoms with Gasteiger partial charge in [-0.15, -0.1) is 0 Å². The second kappa shape index (κ2) is 12.3. The molecular formula is C24H36N4O5. The van der Waals surface area contributed by atoms with E-state index in [0.29, 0.717) is 17.9 Å². The molecule has 0 aliphatic heterocycles. The predicted molar refractivity (Wildman–Crippen MR) is 127 cm³/mol. The number of carbonyl (C=O) groups is 1. The van der Waals surface area contributed by atoms with Crippen LogP contribution >= 0.6 is 0 Å². The van der Waals surface area contributed by atoms with E-state index < -0.39 is 17.3 Å². The molecule has 9 heteroatoms. The maximum atomic E-state index is 12.1. The van der Waals surface area contributed by atoms with Crippen LogP contribution in [0.5, 0.6) is 5.75 Å². The zero-order valence-corrected chi connectivity index (χ0v) is 20.1. The Morgan fingerprint density at radius 3 is 2.30 bits per heavy atom. The summed E-state index contributed by atoms with van der Waals surface area (Å²) >= 11 is 0. The molecule has 1 heterocycles. The lowest BCUT2D eigenvalue weighted by atomic mass is 10.1. The molecule has 0 unspecified atom stereocenters. The molecule has 1 aromatic heterocycles. The van der Waals surface area contributed by atoms with Gasteiger partial charge in [0.05, 0.1) is 0 Å². The monoisotopic (exact) mass is 460 g/mol. The Balaban J connectivity index is 1.55. The van der Waals surface area contributed by atoms with E-state index in [4.69, 9.17) is 9.84 Å². The van der Waals surface area contributed by atoms with E-state index in [1.54, 1.807) is 19.2 Å². The van der Waals surface area contributed by atoms with Gasteiger partial charge in [-0.3, -0.25) is 9.36 Å². The number of carboxylic acids is 1. The Bertz CT molecular complexity index is 1020. The van der Waals surface area contributed by atoms with Crippen LogP contribution in [0, 0.1) is 0 Å². The summed E-state index contributed by atoms with van der Waals surface area (Å²) in [5, 5.41) is 16.7. The molecule has 2 aromatic rings. The number of nitrogens with one attached hydrogen (secondary N) is 1. The average molecular weight is 461 g/mol. The van der Waals surface area contributed by atoms with E-state index >= 15 is 0 Å². The van der Waals surface area contributed by atoms with Crippen molar-refractivity contribution in [2.45, 2.75) is 64.4 Å². The Morgan fingerprint density at radius 1 is 1.00 bits per heavy atom. The Labute approximate surface area is 194 Å². The number of hydrogen-bond donors (Lipinski definition) is 2. The summed E-state index contributed by atoms with van der Waals surface area (Å²) in [5.41, 5.74) is -0.332. The molecule has 182 valence electrons. The van der Waals surface area contributed by atoms with Gasteiger partial charge in [-0.05, 0) is 70.3 Å². The molecular weight excluding hydrogens is 424 g/mol. The first-order valence-corrected chi connectivity index (χ1v) is 11.5. The van der Waals surface area contributed by atoms with Crippen molar-refractivity contribution < 1.29 is 14.6 Å². The van der Waals surface area contributed by atoms with Crippen molar-refractivity contribution in [3.63, 3.8) is 0 Å². The number of nitrogens with zero attached hydrogens (tertiary/aromatic N) is 3. The fourth-order valence-corrected chi connectivity index (χ4v) is 3.41. The summed E-state index contributed by atoms with van der Waals surface area (Å²) in [6, 6.07) is 7.53. The Kier molecular flexibility index (Phi) is 9.84. The number of benzene rings is 1. The molecule has 0 aliphatic rings. The number of aryl methyl sites for hydroxylation is 2. The van der Waals surface area contributed by atoms with Crippen molar-refractivity contribution >= 4 is 5.97 Å². The van der Waals surface area contributed by atoms with Gasteiger partial charge in [0, 0.05) is 14.1 Å². The van der Waals surface area contributed by atoms with Crippen molar-refractivity contribution in [2.75, 3.05) is 13.1 Å². The van der Waals surface area contributed by atoms with Gasteiger partial charge in [0.15, 0.2) is 5.60 Å². The van der Waals surface area contributed by atoms with E-state index in [2.05, 4.69) is 10.4 Å².